The van der Waals surface area contributed by atoms with Crippen molar-refractivity contribution >= 4 is 11.0 Å². The molecule has 0 fully saturated rings. The van der Waals surface area contributed by atoms with Gasteiger partial charge >= 0.3 is 0 Å². The highest BCUT2D eigenvalue weighted by Crippen LogP contribution is 2.33. The maximum absolute atomic E-state index is 5.65. The fraction of sp³-hybridized carbons (Fsp3) is 0.312. The zero-order chi connectivity index (χ0) is 14.1. The van der Waals surface area contributed by atoms with E-state index in [1.54, 1.807) is 0 Å². The number of hydrogen-bond donors (Lipinski definition) is 1. The highest BCUT2D eigenvalue weighted by molar-refractivity contribution is 5.93. The lowest BCUT2D eigenvalue weighted by Gasteiger charge is -2.01. The summed E-state index contributed by atoms with van der Waals surface area (Å²) in [6.45, 7) is 3.07. The molecule has 0 saturated carbocycles. The Morgan fingerprint density at radius 3 is 2.90 bits per heavy atom. The summed E-state index contributed by atoms with van der Waals surface area (Å²) in [4.78, 5) is 0. The van der Waals surface area contributed by atoms with Crippen LogP contribution in [0.15, 0.2) is 34.9 Å². The Morgan fingerprint density at radius 2 is 2.10 bits per heavy atom. The van der Waals surface area contributed by atoms with Crippen LogP contribution in [0.5, 0.6) is 0 Å². The molecule has 3 aromatic rings. The number of aromatic nitrogens is 2. The first kappa shape index (κ1) is 12.9. The smallest absolute Gasteiger partial charge is 0.134 e. The van der Waals surface area contributed by atoms with Gasteiger partial charge < -0.3 is 9.73 Å². The van der Waals surface area contributed by atoms with Gasteiger partial charge in [0.2, 0.25) is 0 Å². The van der Waals surface area contributed by atoms with Crippen molar-refractivity contribution in [3.8, 4) is 11.3 Å². The van der Waals surface area contributed by atoms with Crippen LogP contribution in [0.1, 0.15) is 11.3 Å². The molecule has 0 saturated heterocycles. The predicted octanol–water partition coefficient (Wildman–Crippen LogP) is 2.90. The minimum absolute atomic E-state index is 0.917. The second kappa shape index (κ2) is 5.13. The van der Waals surface area contributed by atoms with Gasteiger partial charge in [0.25, 0.3) is 0 Å². The fourth-order valence-corrected chi connectivity index (χ4v) is 2.70. The number of nitrogens with one attached hydrogen (secondary N) is 1. The first-order chi connectivity index (χ1) is 9.72. The molecular weight excluding hydrogens is 250 g/mol. The van der Waals surface area contributed by atoms with Gasteiger partial charge in [-0.2, -0.15) is 5.10 Å². The van der Waals surface area contributed by atoms with Gasteiger partial charge in [0, 0.05) is 31.0 Å². The zero-order valence-corrected chi connectivity index (χ0v) is 12.1. The molecule has 3 rings (SSSR count). The number of furan rings is 1. The molecule has 20 heavy (non-hydrogen) atoms. The van der Waals surface area contributed by atoms with E-state index in [-0.39, 0.29) is 0 Å². The van der Waals surface area contributed by atoms with Gasteiger partial charge in [-0.15, -0.1) is 0 Å². The zero-order valence-electron chi connectivity index (χ0n) is 12.1. The Balaban J connectivity index is 2.12. The van der Waals surface area contributed by atoms with Gasteiger partial charge in [0.1, 0.15) is 11.8 Å². The topological polar surface area (TPSA) is 43.0 Å². The van der Waals surface area contributed by atoms with Crippen LogP contribution in [0.3, 0.4) is 0 Å². The van der Waals surface area contributed by atoms with Gasteiger partial charge in [-0.25, -0.2) is 0 Å². The van der Waals surface area contributed by atoms with Gasteiger partial charge in [0.15, 0.2) is 0 Å². The van der Waals surface area contributed by atoms with Crippen LogP contribution in [0, 0.1) is 6.92 Å². The van der Waals surface area contributed by atoms with Crippen LogP contribution >= 0.6 is 0 Å². The second-order valence-electron chi connectivity index (χ2n) is 5.04. The minimum atomic E-state index is 0.917. The van der Waals surface area contributed by atoms with Crippen molar-refractivity contribution in [2.24, 2.45) is 7.05 Å². The summed E-state index contributed by atoms with van der Waals surface area (Å²) in [5.41, 5.74) is 5.54. The Kier molecular flexibility index (Phi) is 3.32. The molecule has 2 heterocycles. The summed E-state index contributed by atoms with van der Waals surface area (Å²) in [5, 5.41) is 8.95. The van der Waals surface area contributed by atoms with Crippen molar-refractivity contribution in [2.45, 2.75) is 13.3 Å². The molecular formula is C16H19N3O. The second-order valence-corrected chi connectivity index (χ2v) is 5.04. The van der Waals surface area contributed by atoms with Crippen molar-refractivity contribution in [3.63, 3.8) is 0 Å². The Morgan fingerprint density at radius 1 is 1.30 bits per heavy atom. The lowest BCUT2D eigenvalue weighted by Crippen LogP contribution is -2.11. The molecule has 104 valence electrons. The molecule has 4 nitrogen and oxygen atoms in total. The quantitative estimate of drug-likeness (QED) is 0.792. The van der Waals surface area contributed by atoms with E-state index < -0.39 is 0 Å². The number of aryl methyl sites for hydroxylation is 1. The number of hydrogen-bond acceptors (Lipinski definition) is 3. The van der Waals surface area contributed by atoms with Crippen LogP contribution in [-0.2, 0) is 13.5 Å². The summed E-state index contributed by atoms with van der Waals surface area (Å²) in [7, 11) is 3.95. The maximum Gasteiger partial charge on any atom is 0.134 e. The van der Waals surface area contributed by atoms with E-state index in [9.17, 15) is 0 Å². The van der Waals surface area contributed by atoms with Crippen LogP contribution in [0.25, 0.3) is 22.2 Å². The van der Waals surface area contributed by atoms with E-state index in [0.717, 1.165) is 40.9 Å². The molecule has 0 unspecified atom stereocenters. The molecule has 2 aromatic heterocycles. The molecule has 0 amide bonds. The number of fused-ring (bicyclic) bond motifs is 1. The van der Waals surface area contributed by atoms with E-state index in [2.05, 4.69) is 23.4 Å². The average Bonchev–Trinajstić information content (AvgIpc) is 2.98. The molecule has 0 radical (unpaired) electrons. The van der Waals surface area contributed by atoms with Crippen molar-refractivity contribution in [2.75, 3.05) is 13.6 Å². The highest BCUT2D eigenvalue weighted by atomic mass is 16.3. The van der Waals surface area contributed by atoms with Crippen LogP contribution < -0.4 is 5.32 Å². The summed E-state index contributed by atoms with van der Waals surface area (Å²) >= 11 is 0. The van der Waals surface area contributed by atoms with Gasteiger partial charge in [-0.3, -0.25) is 4.68 Å². The maximum atomic E-state index is 5.65. The molecule has 0 aliphatic carbocycles. The van der Waals surface area contributed by atoms with Crippen LogP contribution in [0.2, 0.25) is 0 Å². The number of likely N-dealkylation sites (N-methyl/N-ethyl adjacent to an activating group) is 1. The Labute approximate surface area is 118 Å². The molecule has 1 aromatic carbocycles. The summed E-state index contributed by atoms with van der Waals surface area (Å²) in [6, 6.07) is 8.11. The third kappa shape index (κ3) is 2.02. The number of nitrogens with zero attached hydrogens (tertiary/aromatic N) is 2. The summed E-state index contributed by atoms with van der Waals surface area (Å²) in [5.74, 6) is 0. The Bertz CT molecular complexity index is 739. The van der Waals surface area contributed by atoms with Gasteiger partial charge in [-0.1, -0.05) is 18.2 Å². The predicted molar refractivity (Wildman–Crippen MR) is 80.8 cm³/mol. The van der Waals surface area contributed by atoms with E-state index >= 15 is 0 Å². The molecule has 0 aliphatic rings. The molecule has 4 heteroatoms. The van der Waals surface area contributed by atoms with E-state index in [0.29, 0.717) is 0 Å². The monoisotopic (exact) mass is 269 g/mol. The third-order valence-electron chi connectivity index (χ3n) is 3.73. The Hall–Kier alpha value is -2.07. The largest absolute Gasteiger partial charge is 0.464 e. The first-order valence-corrected chi connectivity index (χ1v) is 6.86. The van der Waals surface area contributed by atoms with Crippen molar-refractivity contribution < 1.29 is 4.42 Å². The lowest BCUT2D eigenvalue weighted by atomic mass is 10.0. The van der Waals surface area contributed by atoms with E-state index in [1.807, 2.05) is 43.2 Å². The van der Waals surface area contributed by atoms with E-state index in [1.165, 1.54) is 5.56 Å². The van der Waals surface area contributed by atoms with E-state index in [4.69, 9.17) is 4.42 Å². The standard InChI is InChI=1S/C16H19N3O/c1-11-14(8-9-17-2)18-19(3)16(11)13-10-20-15-7-5-4-6-12(13)15/h4-7,10,17H,8-9H2,1-3H3. The van der Waals surface area contributed by atoms with Crippen molar-refractivity contribution in [1.82, 2.24) is 15.1 Å². The highest BCUT2D eigenvalue weighted by Gasteiger charge is 2.17. The lowest BCUT2D eigenvalue weighted by molar-refractivity contribution is 0.616. The molecule has 0 atom stereocenters. The summed E-state index contributed by atoms with van der Waals surface area (Å²) in [6.07, 6.45) is 2.77. The van der Waals surface area contributed by atoms with Crippen LogP contribution in [-0.4, -0.2) is 23.4 Å². The fourth-order valence-electron chi connectivity index (χ4n) is 2.70. The molecule has 1 N–H and O–H groups in total. The number of para-hydroxylation sites is 1. The number of rotatable bonds is 4. The minimum Gasteiger partial charge on any atom is -0.464 e. The average molecular weight is 269 g/mol. The third-order valence-corrected chi connectivity index (χ3v) is 3.73. The molecule has 0 bridgehead atoms. The molecule has 0 spiro atoms. The van der Waals surface area contributed by atoms with Crippen molar-refractivity contribution in [1.29, 1.82) is 0 Å². The summed E-state index contributed by atoms with van der Waals surface area (Å²) < 4.78 is 7.61. The SMILES string of the molecule is CNCCc1nn(C)c(-c2coc3ccccc23)c1C. The van der Waals surface area contributed by atoms with Gasteiger partial charge in [0.05, 0.1) is 11.4 Å². The van der Waals surface area contributed by atoms with Crippen molar-refractivity contribution in [3.05, 3.63) is 41.8 Å². The normalized spacial score (nSPS) is 11.3. The number of benzene rings is 1. The first-order valence-electron chi connectivity index (χ1n) is 6.86. The molecule has 0 aliphatic heterocycles. The van der Waals surface area contributed by atoms with Crippen LogP contribution in [0.4, 0.5) is 0 Å². The van der Waals surface area contributed by atoms with Gasteiger partial charge in [-0.05, 0) is 25.6 Å².